The summed E-state index contributed by atoms with van der Waals surface area (Å²) < 4.78 is 32.4. The molecule has 0 bridgehead atoms. The highest BCUT2D eigenvalue weighted by molar-refractivity contribution is 14.0. The van der Waals surface area contributed by atoms with Crippen LogP contribution in [0.2, 0.25) is 0 Å². The lowest BCUT2D eigenvalue weighted by atomic mass is 10.0. The number of ether oxygens (including phenoxy) is 1. The molecule has 1 aromatic rings. The molecule has 0 saturated carbocycles. The van der Waals surface area contributed by atoms with Crippen LogP contribution in [0.1, 0.15) is 25.3 Å². The summed E-state index contributed by atoms with van der Waals surface area (Å²) in [4.78, 5) is 4.12. The predicted octanol–water partition coefficient (Wildman–Crippen LogP) is 1.46. The molecule has 0 amide bonds. The summed E-state index contributed by atoms with van der Waals surface area (Å²) in [7, 11) is -1.68. The molecule has 0 aliphatic carbocycles. The van der Waals surface area contributed by atoms with Crippen LogP contribution in [0.25, 0.3) is 0 Å². The van der Waals surface area contributed by atoms with Crippen molar-refractivity contribution in [1.29, 1.82) is 0 Å². The fraction of sp³-hybridized carbons (Fsp3) is 0.588. The molecular weight excluding hydrogens is 467 g/mol. The molecule has 148 valence electrons. The fourth-order valence-electron chi connectivity index (χ4n) is 2.63. The van der Waals surface area contributed by atoms with Gasteiger partial charge in [0.05, 0.1) is 11.4 Å². The molecule has 2 rings (SSSR count). The van der Waals surface area contributed by atoms with Gasteiger partial charge in [-0.2, -0.15) is 0 Å². The molecule has 0 radical (unpaired) electrons. The summed E-state index contributed by atoms with van der Waals surface area (Å²) in [6.07, 6.45) is 2.07. The molecule has 1 aromatic carbocycles. The van der Waals surface area contributed by atoms with Crippen LogP contribution in [-0.4, -0.2) is 52.5 Å². The molecule has 1 saturated heterocycles. The second kappa shape index (κ2) is 11.1. The Bertz CT molecular complexity index is 662. The zero-order valence-corrected chi connectivity index (χ0v) is 18.5. The van der Waals surface area contributed by atoms with Crippen LogP contribution in [-0.2, 0) is 21.3 Å². The van der Waals surface area contributed by atoms with Gasteiger partial charge in [-0.15, -0.1) is 24.0 Å². The first kappa shape index (κ1) is 23.1. The van der Waals surface area contributed by atoms with Crippen LogP contribution in [0, 0.1) is 0 Å². The van der Waals surface area contributed by atoms with Crippen LogP contribution in [0.4, 0.5) is 0 Å². The first-order valence-corrected chi connectivity index (χ1v) is 10.2. The Hall–Kier alpha value is -0.910. The van der Waals surface area contributed by atoms with Crippen molar-refractivity contribution >= 4 is 40.0 Å². The normalized spacial score (nSPS) is 20.5. The molecule has 1 fully saturated rings. The second-order valence-corrected chi connectivity index (χ2v) is 8.31. The van der Waals surface area contributed by atoms with Gasteiger partial charge in [-0.05, 0) is 25.3 Å². The highest BCUT2D eigenvalue weighted by atomic mass is 127. The summed E-state index contributed by atoms with van der Waals surface area (Å²) in [5, 5.41) is 6.22. The van der Waals surface area contributed by atoms with E-state index in [1.54, 1.807) is 7.05 Å². The number of nitrogens with zero attached hydrogens (tertiary/aromatic N) is 1. The maximum absolute atomic E-state index is 12.1. The Morgan fingerprint density at radius 3 is 2.62 bits per heavy atom. The van der Waals surface area contributed by atoms with Gasteiger partial charge in [0.15, 0.2) is 5.96 Å². The first-order chi connectivity index (χ1) is 11.9. The second-order valence-electron chi connectivity index (χ2n) is 6.38. The maximum atomic E-state index is 12.1. The minimum Gasteiger partial charge on any atom is -0.373 e. The largest absolute Gasteiger partial charge is 0.373 e. The number of hydrogen-bond acceptors (Lipinski definition) is 4. The number of guanidine groups is 1. The third kappa shape index (κ3) is 8.19. The lowest BCUT2D eigenvalue weighted by molar-refractivity contribution is 0.0243. The number of benzene rings is 1. The van der Waals surface area contributed by atoms with Crippen molar-refractivity contribution in [1.82, 2.24) is 15.4 Å². The molecule has 7 nitrogen and oxygen atoms in total. The van der Waals surface area contributed by atoms with E-state index in [-0.39, 0.29) is 41.9 Å². The van der Waals surface area contributed by atoms with Gasteiger partial charge in [-0.3, -0.25) is 4.99 Å². The SMILES string of the molecule is CN=C(NCCS(=O)(=O)NCc1ccccc1)NCC1(C)CCCO1.I. The summed E-state index contributed by atoms with van der Waals surface area (Å²) in [6, 6.07) is 9.44. The van der Waals surface area contributed by atoms with Gasteiger partial charge in [-0.1, -0.05) is 30.3 Å². The summed E-state index contributed by atoms with van der Waals surface area (Å²) in [6.45, 7) is 4.08. The number of sulfonamides is 1. The topological polar surface area (TPSA) is 91.8 Å². The average Bonchev–Trinajstić information content (AvgIpc) is 3.04. The molecule has 9 heteroatoms. The molecule has 1 unspecified atom stereocenters. The van der Waals surface area contributed by atoms with E-state index in [1.807, 2.05) is 30.3 Å². The third-order valence-corrected chi connectivity index (χ3v) is 5.48. The molecule has 1 aliphatic heterocycles. The zero-order chi connectivity index (χ0) is 18.2. The quantitative estimate of drug-likeness (QED) is 0.288. The Morgan fingerprint density at radius 1 is 1.27 bits per heavy atom. The van der Waals surface area contributed by atoms with Crippen molar-refractivity contribution < 1.29 is 13.2 Å². The minimum absolute atomic E-state index is 0. The molecule has 1 aliphatic rings. The number of halogens is 1. The van der Waals surface area contributed by atoms with Crippen molar-refractivity contribution in [2.45, 2.75) is 31.9 Å². The van der Waals surface area contributed by atoms with E-state index >= 15 is 0 Å². The highest BCUT2D eigenvalue weighted by Gasteiger charge is 2.29. The Kier molecular flexibility index (Phi) is 9.83. The Morgan fingerprint density at radius 2 is 2.00 bits per heavy atom. The van der Waals surface area contributed by atoms with E-state index in [9.17, 15) is 8.42 Å². The first-order valence-electron chi connectivity index (χ1n) is 8.52. The molecule has 1 atom stereocenters. The van der Waals surface area contributed by atoms with Crippen LogP contribution in [0.15, 0.2) is 35.3 Å². The van der Waals surface area contributed by atoms with Crippen LogP contribution in [0.5, 0.6) is 0 Å². The van der Waals surface area contributed by atoms with Gasteiger partial charge in [-0.25, -0.2) is 13.1 Å². The highest BCUT2D eigenvalue weighted by Crippen LogP contribution is 2.23. The number of hydrogen-bond donors (Lipinski definition) is 3. The summed E-state index contributed by atoms with van der Waals surface area (Å²) in [5.74, 6) is 0.559. The van der Waals surface area contributed by atoms with E-state index in [2.05, 4.69) is 27.3 Å². The standard InChI is InChI=1S/C17H28N4O3S.HI/c1-17(9-6-11-24-17)14-20-16(18-2)19-10-12-25(22,23)21-13-15-7-4-3-5-8-15;/h3-5,7-8,21H,6,9-14H2,1-2H3,(H2,18,19,20);1H. The fourth-order valence-corrected chi connectivity index (χ4v) is 3.53. The Labute approximate surface area is 173 Å². The summed E-state index contributed by atoms with van der Waals surface area (Å²) >= 11 is 0. The van der Waals surface area contributed by atoms with E-state index in [4.69, 9.17) is 4.74 Å². The molecule has 26 heavy (non-hydrogen) atoms. The maximum Gasteiger partial charge on any atom is 0.213 e. The smallest absolute Gasteiger partial charge is 0.213 e. The van der Waals surface area contributed by atoms with Crippen LogP contribution >= 0.6 is 24.0 Å². The van der Waals surface area contributed by atoms with Crippen molar-refractivity contribution in [3.63, 3.8) is 0 Å². The van der Waals surface area contributed by atoms with Crippen molar-refractivity contribution in [3.05, 3.63) is 35.9 Å². The Balaban J connectivity index is 0.00000338. The van der Waals surface area contributed by atoms with Gasteiger partial charge < -0.3 is 15.4 Å². The number of nitrogens with one attached hydrogen (secondary N) is 3. The van der Waals surface area contributed by atoms with E-state index in [0.717, 1.165) is 25.0 Å². The molecule has 3 N–H and O–H groups in total. The number of rotatable bonds is 8. The predicted molar refractivity (Wildman–Crippen MR) is 115 cm³/mol. The lowest BCUT2D eigenvalue weighted by Crippen LogP contribution is -2.46. The summed E-state index contributed by atoms with van der Waals surface area (Å²) in [5.41, 5.74) is 0.752. The van der Waals surface area contributed by atoms with Gasteiger partial charge in [0.25, 0.3) is 0 Å². The van der Waals surface area contributed by atoms with Crippen molar-refractivity contribution in [3.8, 4) is 0 Å². The van der Waals surface area contributed by atoms with Crippen LogP contribution < -0.4 is 15.4 Å². The van der Waals surface area contributed by atoms with Gasteiger partial charge in [0.2, 0.25) is 10.0 Å². The monoisotopic (exact) mass is 496 g/mol. The molecule has 0 spiro atoms. The average molecular weight is 496 g/mol. The van der Waals surface area contributed by atoms with E-state index in [1.165, 1.54) is 0 Å². The van der Waals surface area contributed by atoms with E-state index < -0.39 is 10.0 Å². The lowest BCUT2D eigenvalue weighted by Gasteiger charge is -2.24. The third-order valence-electron chi connectivity index (χ3n) is 4.16. The molecular formula is C17H29IN4O3S. The molecule has 0 aromatic heterocycles. The number of aliphatic imine (C=N–C) groups is 1. The minimum atomic E-state index is -3.35. The van der Waals surface area contributed by atoms with Gasteiger partial charge in [0, 0.05) is 33.3 Å². The van der Waals surface area contributed by atoms with Crippen molar-refractivity contribution in [2.75, 3.05) is 32.5 Å². The van der Waals surface area contributed by atoms with Crippen molar-refractivity contribution in [2.24, 2.45) is 4.99 Å². The van der Waals surface area contributed by atoms with Gasteiger partial charge >= 0.3 is 0 Å². The zero-order valence-electron chi connectivity index (χ0n) is 15.3. The van der Waals surface area contributed by atoms with Gasteiger partial charge in [0.1, 0.15) is 0 Å². The molecule has 1 heterocycles. The van der Waals surface area contributed by atoms with E-state index in [0.29, 0.717) is 19.0 Å². The van der Waals surface area contributed by atoms with Crippen LogP contribution in [0.3, 0.4) is 0 Å².